The molecule has 10 heteroatoms. The van der Waals surface area contributed by atoms with Crippen molar-refractivity contribution in [2.24, 2.45) is 0 Å². The SMILES string of the molecule is N#Cc1cnn2ccc(N3CCC(F)C3)nc12.O=C(NCCO)c1cccc(F)c1. The van der Waals surface area contributed by atoms with Gasteiger partial charge in [-0.15, -0.1) is 0 Å². The minimum absolute atomic E-state index is 0.124. The fraction of sp³-hybridized carbons (Fsp3) is 0.300. The highest BCUT2D eigenvalue weighted by molar-refractivity contribution is 5.94. The van der Waals surface area contributed by atoms with Gasteiger partial charge in [0.2, 0.25) is 0 Å². The molecule has 1 aliphatic heterocycles. The van der Waals surface area contributed by atoms with Crippen LogP contribution < -0.4 is 10.2 Å². The molecule has 1 fully saturated rings. The lowest BCUT2D eigenvalue weighted by Gasteiger charge is -2.15. The molecule has 1 aliphatic rings. The first-order valence-corrected chi connectivity index (χ1v) is 9.30. The summed E-state index contributed by atoms with van der Waals surface area (Å²) in [5, 5.41) is 23.8. The monoisotopic (exact) mass is 414 g/mol. The number of aliphatic hydroxyl groups excluding tert-OH is 1. The number of carbonyl (C=O) groups is 1. The van der Waals surface area contributed by atoms with Crippen LogP contribution in [-0.2, 0) is 0 Å². The van der Waals surface area contributed by atoms with Gasteiger partial charge in [-0.1, -0.05) is 6.07 Å². The van der Waals surface area contributed by atoms with Crippen LogP contribution in [0.3, 0.4) is 0 Å². The van der Waals surface area contributed by atoms with Gasteiger partial charge in [-0.05, 0) is 30.7 Å². The molecule has 1 atom stereocenters. The van der Waals surface area contributed by atoms with Gasteiger partial charge >= 0.3 is 0 Å². The molecule has 0 bridgehead atoms. The van der Waals surface area contributed by atoms with Crippen LogP contribution in [0, 0.1) is 17.1 Å². The topological polar surface area (TPSA) is 107 Å². The second kappa shape index (κ2) is 9.76. The third kappa shape index (κ3) is 5.07. The van der Waals surface area contributed by atoms with E-state index in [1.54, 1.807) is 16.8 Å². The highest BCUT2D eigenvalue weighted by atomic mass is 19.1. The Morgan fingerprint density at radius 3 is 2.90 bits per heavy atom. The molecule has 156 valence electrons. The van der Waals surface area contributed by atoms with E-state index in [0.717, 1.165) is 6.07 Å². The van der Waals surface area contributed by atoms with Crippen molar-refractivity contribution in [2.45, 2.75) is 12.6 Å². The van der Waals surface area contributed by atoms with E-state index in [0.29, 0.717) is 36.5 Å². The average Bonchev–Trinajstić information content (AvgIpc) is 3.37. The smallest absolute Gasteiger partial charge is 0.251 e. The number of hydrogen-bond donors (Lipinski definition) is 2. The number of aromatic nitrogens is 3. The molecule has 2 aromatic heterocycles. The largest absolute Gasteiger partial charge is 0.395 e. The molecule has 2 N–H and O–H groups in total. The highest BCUT2D eigenvalue weighted by Crippen LogP contribution is 2.21. The van der Waals surface area contributed by atoms with Gasteiger partial charge in [-0.3, -0.25) is 4.79 Å². The predicted molar refractivity (Wildman–Crippen MR) is 105 cm³/mol. The molecule has 1 aromatic carbocycles. The maximum absolute atomic E-state index is 13.1. The highest BCUT2D eigenvalue weighted by Gasteiger charge is 2.23. The molecule has 1 unspecified atom stereocenters. The summed E-state index contributed by atoms with van der Waals surface area (Å²) in [4.78, 5) is 17.4. The molecule has 0 radical (unpaired) electrons. The van der Waals surface area contributed by atoms with Gasteiger partial charge in [0.25, 0.3) is 5.91 Å². The number of anilines is 1. The summed E-state index contributed by atoms with van der Waals surface area (Å²) in [7, 11) is 0. The number of benzene rings is 1. The van der Waals surface area contributed by atoms with Gasteiger partial charge < -0.3 is 15.3 Å². The minimum atomic E-state index is -0.784. The van der Waals surface area contributed by atoms with Crippen molar-refractivity contribution >= 4 is 17.4 Å². The van der Waals surface area contributed by atoms with Crippen LogP contribution in [0.4, 0.5) is 14.6 Å². The number of nitrogens with one attached hydrogen (secondary N) is 1. The van der Waals surface area contributed by atoms with E-state index in [1.165, 1.54) is 24.4 Å². The number of hydrogen-bond acceptors (Lipinski definition) is 6. The van der Waals surface area contributed by atoms with Crippen molar-refractivity contribution in [1.29, 1.82) is 5.26 Å². The van der Waals surface area contributed by atoms with Gasteiger partial charge in [-0.2, -0.15) is 10.4 Å². The number of halogens is 2. The Hall–Kier alpha value is -3.58. The zero-order valence-electron chi connectivity index (χ0n) is 16.0. The summed E-state index contributed by atoms with van der Waals surface area (Å²) in [6, 6.07) is 9.21. The molecule has 0 saturated carbocycles. The summed E-state index contributed by atoms with van der Waals surface area (Å²) >= 11 is 0. The third-order valence-electron chi connectivity index (χ3n) is 4.41. The van der Waals surface area contributed by atoms with Crippen LogP contribution in [0.2, 0.25) is 0 Å². The molecule has 3 heterocycles. The molecule has 4 rings (SSSR count). The molecule has 1 amide bonds. The number of amides is 1. The lowest BCUT2D eigenvalue weighted by Crippen LogP contribution is -2.26. The van der Waals surface area contributed by atoms with Crippen molar-refractivity contribution in [1.82, 2.24) is 19.9 Å². The van der Waals surface area contributed by atoms with E-state index < -0.39 is 12.0 Å². The van der Waals surface area contributed by atoms with Crippen LogP contribution in [-0.4, -0.2) is 58.0 Å². The Balaban J connectivity index is 0.000000178. The van der Waals surface area contributed by atoms with Crippen LogP contribution >= 0.6 is 0 Å². The summed E-state index contributed by atoms with van der Waals surface area (Å²) in [5.41, 5.74) is 1.21. The lowest BCUT2D eigenvalue weighted by molar-refractivity contribution is 0.0944. The average molecular weight is 414 g/mol. The van der Waals surface area contributed by atoms with E-state index in [-0.39, 0.29) is 24.6 Å². The van der Waals surface area contributed by atoms with Crippen molar-refractivity contribution < 1.29 is 18.7 Å². The maximum atomic E-state index is 13.1. The Morgan fingerprint density at radius 2 is 2.23 bits per heavy atom. The molecule has 8 nitrogen and oxygen atoms in total. The zero-order chi connectivity index (χ0) is 21.5. The zero-order valence-corrected chi connectivity index (χ0v) is 16.0. The number of nitrogens with zero attached hydrogens (tertiary/aromatic N) is 5. The second-order valence-corrected chi connectivity index (χ2v) is 6.55. The summed E-state index contributed by atoms with van der Waals surface area (Å²) in [6.45, 7) is 1.09. The van der Waals surface area contributed by atoms with Crippen LogP contribution in [0.25, 0.3) is 5.65 Å². The fourth-order valence-electron chi connectivity index (χ4n) is 2.94. The van der Waals surface area contributed by atoms with E-state index in [9.17, 15) is 13.6 Å². The Labute approximate surface area is 171 Å². The van der Waals surface area contributed by atoms with E-state index in [4.69, 9.17) is 10.4 Å². The lowest BCUT2D eigenvalue weighted by atomic mass is 10.2. The van der Waals surface area contributed by atoms with Crippen molar-refractivity contribution in [2.75, 3.05) is 31.1 Å². The minimum Gasteiger partial charge on any atom is -0.395 e. The number of fused-ring (bicyclic) bond motifs is 1. The Bertz CT molecular complexity index is 1060. The molecular weight excluding hydrogens is 394 g/mol. The van der Waals surface area contributed by atoms with Crippen LogP contribution in [0.5, 0.6) is 0 Å². The van der Waals surface area contributed by atoms with Crippen molar-refractivity contribution in [3.8, 4) is 6.07 Å². The van der Waals surface area contributed by atoms with Crippen molar-refractivity contribution in [3.05, 3.63) is 59.7 Å². The maximum Gasteiger partial charge on any atom is 0.251 e. The van der Waals surface area contributed by atoms with Gasteiger partial charge in [-0.25, -0.2) is 18.3 Å². The number of alkyl halides is 1. The first-order chi connectivity index (χ1) is 14.5. The molecule has 0 aliphatic carbocycles. The normalized spacial score (nSPS) is 15.4. The second-order valence-electron chi connectivity index (χ2n) is 6.55. The Morgan fingerprint density at radius 1 is 1.40 bits per heavy atom. The van der Waals surface area contributed by atoms with Crippen LogP contribution in [0.15, 0.2) is 42.7 Å². The molecule has 3 aromatic rings. The first-order valence-electron chi connectivity index (χ1n) is 9.30. The van der Waals surface area contributed by atoms with Gasteiger partial charge in [0.15, 0.2) is 5.65 Å². The fourth-order valence-corrected chi connectivity index (χ4v) is 2.94. The number of nitriles is 1. The number of carbonyl (C=O) groups excluding carboxylic acids is 1. The predicted octanol–water partition coefficient (Wildman–Crippen LogP) is 1.70. The van der Waals surface area contributed by atoms with Crippen molar-refractivity contribution in [3.63, 3.8) is 0 Å². The third-order valence-corrected chi connectivity index (χ3v) is 4.41. The first kappa shape index (κ1) is 21.1. The van der Waals surface area contributed by atoms with Gasteiger partial charge in [0, 0.05) is 24.8 Å². The molecule has 1 saturated heterocycles. The van der Waals surface area contributed by atoms with Gasteiger partial charge in [0.05, 0.1) is 19.3 Å². The summed E-state index contributed by atoms with van der Waals surface area (Å²) in [6.07, 6.45) is 2.98. The molecular formula is C20H20F2N6O2. The van der Waals surface area contributed by atoms with Gasteiger partial charge in [0.1, 0.15) is 29.4 Å². The standard InChI is InChI=1S/C11H10FN5.C9H10FNO2/c12-9-1-3-16(7-9)10-2-4-17-11(15-10)8(5-13)6-14-17;10-8-3-1-2-7(6-8)9(13)11-4-5-12/h2,4,6,9H,1,3,7H2;1-3,6,12H,4-5H2,(H,11,13). The number of aliphatic hydroxyl groups is 1. The number of rotatable bonds is 4. The van der Waals surface area contributed by atoms with Crippen LogP contribution in [0.1, 0.15) is 22.3 Å². The quantitative estimate of drug-likeness (QED) is 0.673. The van der Waals surface area contributed by atoms with E-state index >= 15 is 0 Å². The summed E-state index contributed by atoms with van der Waals surface area (Å²) in [5.74, 6) is -0.125. The molecule has 0 spiro atoms. The molecule has 30 heavy (non-hydrogen) atoms. The summed E-state index contributed by atoms with van der Waals surface area (Å²) < 4.78 is 27.3. The van der Waals surface area contributed by atoms with E-state index in [1.807, 2.05) is 11.0 Å². The van der Waals surface area contributed by atoms with E-state index in [2.05, 4.69) is 15.4 Å². The Kier molecular flexibility index (Phi) is 6.87.